The van der Waals surface area contributed by atoms with Crippen LogP contribution in [0.1, 0.15) is 50.7 Å². The van der Waals surface area contributed by atoms with E-state index in [1.807, 2.05) is 18.2 Å². The van der Waals surface area contributed by atoms with Crippen molar-refractivity contribution in [3.05, 3.63) is 35.4 Å². The molecule has 19 heavy (non-hydrogen) atoms. The normalized spacial score (nSPS) is 10.9. The molecule has 1 aromatic rings. The Hall–Kier alpha value is -1.35. The lowest BCUT2D eigenvalue weighted by Crippen LogP contribution is -2.27. The Morgan fingerprint density at radius 2 is 1.68 bits per heavy atom. The van der Waals surface area contributed by atoms with Gasteiger partial charge in [-0.15, -0.1) is 0 Å². The SMILES string of the molecule is CCCCN(CCCC)Cc1ccccc1C(=N)N. The van der Waals surface area contributed by atoms with Gasteiger partial charge in [-0.05, 0) is 31.5 Å². The number of nitrogens with zero attached hydrogens (tertiary/aromatic N) is 1. The first-order valence-corrected chi connectivity index (χ1v) is 7.33. The number of amidine groups is 1. The van der Waals surface area contributed by atoms with Crippen LogP contribution in [0.2, 0.25) is 0 Å². The van der Waals surface area contributed by atoms with Crippen LogP contribution in [0, 0.1) is 5.41 Å². The Morgan fingerprint density at radius 3 is 2.21 bits per heavy atom. The second-order valence-corrected chi connectivity index (χ2v) is 5.05. The van der Waals surface area contributed by atoms with Crippen LogP contribution in [-0.4, -0.2) is 23.8 Å². The number of hydrogen-bond acceptors (Lipinski definition) is 2. The minimum Gasteiger partial charge on any atom is -0.384 e. The first-order valence-electron chi connectivity index (χ1n) is 7.33. The van der Waals surface area contributed by atoms with Gasteiger partial charge < -0.3 is 5.73 Å². The summed E-state index contributed by atoms with van der Waals surface area (Å²) in [4.78, 5) is 2.48. The molecule has 0 unspecified atom stereocenters. The van der Waals surface area contributed by atoms with E-state index in [4.69, 9.17) is 11.1 Å². The number of hydrogen-bond donors (Lipinski definition) is 2. The Bertz CT molecular complexity index is 379. The maximum Gasteiger partial charge on any atom is 0.123 e. The van der Waals surface area contributed by atoms with Crippen molar-refractivity contribution in [3.8, 4) is 0 Å². The van der Waals surface area contributed by atoms with E-state index in [9.17, 15) is 0 Å². The molecule has 0 bridgehead atoms. The van der Waals surface area contributed by atoms with Crippen LogP contribution in [0.4, 0.5) is 0 Å². The van der Waals surface area contributed by atoms with Gasteiger partial charge in [0.05, 0.1) is 0 Å². The van der Waals surface area contributed by atoms with Crippen LogP contribution in [0.15, 0.2) is 24.3 Å². The Balaban J connectivity index is 2.74. The molecule has 1 aromatic carbocycles. The van der Waals surface area contributed by atoms with Gasteiger partial charge in [-0.1, -0.05) is 51.0 Å². The van der Waals surface area contributed by atoms with E-state index in [0.29, 0.717) is 0 Å². The first-order chi connectivity index (χ1) is 9.19. The number of rotatable bonds is 9. The zero-order chi connectivity index (χ0) is 14.1. The lowest BCUT2D eigenvalue weighted by molar-refractivity contribution is 0.257. The van der Waals surface area contributed by atoms with E-state index in [1.165, 1.54) is 31.2 Å². The van der Waals surface area contributed by atoms with E-state index < -0.39 is 0 Å². The molecular weight excluding hydrogens is 234 g/mol. The molecule has 0 saturated carbocycles. The summed E-state index contributed by atoms with van der Waals surface area (Å²) in [6, 6.07) is 8.00. The van der Waals surface area contributed by atoms with Crippen molar-refractivity contribution in [2.75, 3.05) is 13.1 Å². The maximum atomic E-state index is 7.66. The fourth-order valence-corrected chi connectivity index (χ4v) is 2.20. The average Bonchev–Trinajstić information content (AvgIpc) is 2.42. The molecule has 0 heterocycles. The summed E-state index contributed by atoms with van der Waals surface area (Å²) in [6.07, 6.45) is 4.89. The van der Waals surface area contributed by atoms with Gasteiger partial charge in [0.25, 0.3) is 0 Å². The molecule has 0 saturated heterocycles. The quantitative estimate of drug-likeness (QED) is 0.529. The molecule has 0 radical (unpaired) electrons. The summed E-state index contributed by atoms with van der Waals surface area (Å²) in [5.74, 6) is 0.168. The number of nitrogens with two attached hydrogens (primary N) is 1. The number of benzene rings is 1. The van der Waals surface area contributed by atoms with Gasteiger partial charge in [0.15, 0.2) is 0 Å². The highest BCUT2D eigenvalue weighted by Gasteiger charge is 2.09. The Kier molecular flexibility index (Phi) is 7.19. The van der Waals surface area contributed by atoms with Crippen LogP contribution >= 0.6 is 0 Å². The van der Waals surface area contributed by atoms with E-state index in [1.54, 1.807) is 0 Å². The van der Waals surface area contributed by atoms with Crippen molar-refractivity contribution in [3.63, 3.8) is 0 Å². The summed E-state index contributed by atoms with van der Waals surface area (Å²) in [5, 5.41) is 7.66. The standard InChI is InChI=1S/C16H27N3/c1-3-5-11-19(12-6-4-2)13-14-9-7-8-10-15(14)16(17)18/h7-10H,3-6,11-13H2,1-2H3,(H3,17,18). The molecular formula is C16H27N3. The van der Waals surface area contributed by atoms with Gasteiger partial charge in [-0.25, -0.2) is 0 Å². The summed E-state index contributed by atoms with van der Waals surface area (Å²) in [7, 11) is 0. The fraction of sp³-hybridized carbons (Fsp3) is 0.562. The first kappa shape index (κ1) is 15.7. The molecule has 0 aliphatic rings. The van der Waals surface area contributed by atoms with Crippen LogP contribution < -0.4 is 5.73 Å². The van der Waals surface area contributed by atoms with Crippen LogP contribution in [0.25, 0.3) is 0 Å². The van der Waals surface area contributed by atoms with Crippen molar-refractivity contribution in [1.29, 1.82) is 5.41 Å². The molecule has 0 spiro atoms. The van der Waals surface area contributed by atoms with E-state index >= 15 is 0 Å². The molecule has 106 valence electrons. The summed E-state index contributed by atoms with van der Waals surface area (Å²) < 4.78 is 0. The number of unbranched alkanes of at least 4 members (excludes halogenated alkanes) is 2. The van der Waals surface area contributed by atoms with Crippen molar-refractivity contribution in [1.82, 2.24) is 4.90 Å². The summed E-state index contributed by atoms with van der Waals surface area (Å²) in [5.41, 5.74) is 7.70. The molecule has 0 aromatic heterocycles. The molecule has 0 aliphatic heterocycles. The Labute approximate surface area is 117 Å². The van der Waals surface area contributed by atoms with Gasteiger partial charge in [-0.2, -0.15) is 0 Å². The van der Waals surface area contributed by atoms with Gasteiger partial charge in [0.2, 0.25) is 0 Å². The highest BCUT2D eigenvalue weighted by Crippen LogP contribution is 2.12. The zero-order valence-corrected chi connectivity index (χ0v) is 12.3. The third-order valence-corrected chi connectivity index (χ3v) is 3.36. The highest BCUT2D eigenvalue weighted by atomic mass is 15.1. The molecule has 0 fully saturated rings. The third-order valence-electron chi connectivity index (χ3n) is 3.36. The molecule has 1 rings (SSSR count). The monoisotopic (exact) mass is 261 g/mol. The second-order valence-electron chi connectivity index (χ2n) is 5.05. The van der Waals surface area contributed by atoms with Crippen molar-refractivity contribution < 1.29 is 0 Å². The Morgan fingerprint density at radius 1 is 1.11 bits per heavy atom. The largest absolute Gasteiger partial charge is 0.384 e. The second kappa shape index (κ2) is 8.70. The average molecular weight is 261 g/mol. The number of nitrogens with one attached hydrogen (secondary N) is 1. The lowest BCUT2D eigenvalue weighted by atomic mass is 10.1. The van der Waals surface area contributed by atoms with Crippen molar-refractivity contribution in [2.45, 2.75) is 46.1 Å². The smallest absolute Gasteiger partial charge is 0.123 e. The predicted octanol–water partition coefficient (Wildman–Crippen LogP) is 3.37. The molecule has 3 nitrogen and oxygen atoms in total. The van der Waals surface area contributed by atoms with Gasteiger partial charge in [0.1, 0.15) is 5.84 Å². The van der Waals surface area contributed by atoms with Crippen molar-refractivity contribution in [2.24, 2.45) is 5.73 Å². The van der Waals surface area contributed by atoms with Crippen molar-refractivity contribution >= 4 is 5.84 Å². The van der Waals surface area contributed by atoms with E-state index in [-0.39, 0.29) is 5.84 Å². The van der Waals surface area contributed by atoms with E-state index in [2.05, 4.69) is 24.8 Å². The van der Waals surface area contributed by atoms with E-state index in [0.717, 1.165) is 25.2 Å². The van der Waals surface area contributed by atoms with Gasteiger partial charge >= 0.3 is 0 Å². The lowest BCUT2D eigenvalue weighted by Gasteiger charge is -2.23. The third kappa shape index (κ3) is 5.43. The van der Waals surface area contributed by atoms with Gasteiger partial charge in [0, 0.05) is 12.1 Å². The van der Waals surface area contributed by atoms with Crippen LogP contribution in [0.3, 0.4) is 0 Å². The molecule has 3 N–H and O–H groups in total. The topological polar surface area (TPSA) is 53.1 Å². The fourth-order valence-electron chi connectivity index (χ4n) is 2.20. The predicted molar refractivity (Wildman–Crippen MR) is 82.6 cm³/mol. The van der Waals surface area contributed by atoms with Crippen LogP contribution in [-0.2, 0) is 6.54 Å². The minimum atomic E-state index is 0.168. The molecule has 0 atom stereocenters. The highest BCUT2D eigenvalue weighted by molar-refractivity contribution is 5.96. The van der Waals surface area contributed by atoms with Crippen LogP contribution in [0.5, 0.6) is 0 Å². The molecule has 3 heteroatoms. The van der Waals surface area contributed by atoms with Gasteiger partial charge in [-0.3, -0.25) is 10.3 Å². The zero-order valence-electron chi connectivity index (χ0n) is 12.3. The summed E-state index contributed by atoms with van der Waals surface area (Å²) in [6.45, 7) is 7.60. The number of nitrogen functional groups attached to an aromatic ring is 1. The molecule has 0 aliphatic carbocycles. The minimum absolute atomic E-state index is 0.168. The maximum absolute atomic E-state index is 7.66. The molecule has 0 amide bonds. The summed E-state index contributed by atoms with van der Waals surface area (Å²) >= 11 is 0.